The maximum atomic E-state index is 12.1. The molecule has 0 aliphatic rings. The smallest absolute Gasteiger partial charge is 0.284 e. The van der Waals surface area contributed by atoms with Gasteiger partial charge in [-0.1, -0.05) is 6.07 Å². The summed E-state index contributed by atoms with van der Waals surface area (Å²) in [6, 6.07) is 10.6. The number of sulfonamides is 1. The number of nitrogens with zero attached hydrogens (tertiary/aromatic N) is 1. The summed E-state index contributed by atoms with van der Waals surface area (Å²) in [4.78, 5) is 17.6. The molecule has 0 spiro atoms. The SMILES string of the molecule is CCOc1ccc(S(=O)(=O)NNC(=O)c2ccccn2)cc1. The van der Waals surface area contributed by atoms with Crippen molar-refractivity contribution >= 4 is 15.9 Å². The number of hydrogen-bond acceptors (Lipinski definition) is 5. The van der Waals surface area contributed by atoms with Crippen LogP contribution in [0, 0.1) is 0 Å². The Labute approximate surface area is 128 Å². The van der Waals surface area contributed by atoms with E-state index in [0.29, 0.717) is 12.4 Å². The molecule has 2 aromatic rings. The highest BCUT2D eigenvalue weighted by Gasteiger charge is 2.16. The summed E-state index contributed by atoms with van der Waals surface area (Å²) in [5, 5.41) is 0. The zero-order valence-corrected chi connectivity index (χ0v) is 12.6. The van der Waals surface area contributed by atoms with Gasteiger partial charge >= 0.3 is 0 Å². The lowest BCUT2D eigenvalue weighted by atomic mass is 10.3. The second-order valence-corrected chi connectivity index (χ2v) is 5.86. The fourth-order valence-corrected chi connectivity index (χ4v) is 2.45. The number of hydrogen-bond donors (Lipinski definition) is 2. The zero-order valence-electron chi connectivity index (χ0n) is 11.8. The van der Waals surface area contributed by atoms with Gasteiger partial charge < -0.3 is 4.74 Å². The maximum Gasteiger partial charge on any atom is 0.284 e. The number of hydrazine groups is 1. The first-order valence-corrected chi connectivity index (χ1v) is 7.97. The summed E-state index contributed by atoms with van der Waals surface area (Å²) in [6.45, 7) is 2.32. The molecule has 0 saturated heterocycles. The lowest BCUT2D eigenvalue weighted by Gasteiger charge is -2.09. The Kier molecular flexibility index (Phi) is 5.08. The highest BCUT2D eigenvalue weighted by atomic mass is 32.2. The Morgan fingerprint density at radius 1 is 1.18 bits per heavy atom. The predicted molar refractivity (Wildman–Crippen MR) is 79.6 cm³/mol. The summed E-state index contributed by atoms with van der Waals surface area (Å²) in [5.74, 6) is -0.0749. The number of amides is 1. The van der Waals surface area contributed by atoms with Gasteiger partial charge in [0.1, 0.15) is 11.4 Å². The minimum atomic E-state index is -3.86. The number of ether oxygens (including phenoxy) is 1. The quantitative estimate of drug-likeness (QED) is 0.777. The van der Waals surface area contributed by atoms with Gasteiger partial charge in [0, 0.05) is 6.20 Å². The van der Waals surface area contributed by atoms with Crippen LogP contribution in [0.5, 0.6) is 5.75 Å². The van der Waals surface area contributed by atoms with Crippen LogP contribution in [-0.2, 0) is 10.0 Å². The average molecular weight is 321 g/mol. The Balaban J connectivity index is 2.03. The molecule has 0 fully saturated rings. The second-order valence-electron chi connectivity index (χ2n) is 4.18. The number of carbonyl (C=O) groups excluding carboxylic acids is 1. The van der Waals surface area contributed by atoms with Crippen LogP contribution >= 0.6 is 0 Å². The molecule has 0 radical (unpaired) electrons. The van der Waals surface area contributed by atoms with E-state index < -0.39 is 15.9 Å². The molecule has 0 atom stereocenters. The van der Waals surface area contributed by atoms with E-state index in [1.807, 2.05) is 11.8 Å². The van der Waals surface area contributed by atoms with E-state index in [4.69, 9.17) is 4.74 Å². The van der Waals surface area contributed by atoms with Crippen LogP contribution in [0.15, 0.2) is 53.6 Å². The fourth-order valence-electron chi connectivity index (χ4n) is 1.62. The van der Waals surface area contributed by atoms with Crippen molar-refractivity contribution in [2.75, 3.05) is 6.61 Å². The summed E-state index contributed by atoms with van der Waals surface area (Å²) >= 11 is 0. The van der Waals surface area contributed by atoms with Crippen molar-refractivity contribution in [1.29, 1.82) is 0 Å². The molecule has 116 valence electrons. The molecule has 1 heterocycles. The van der Waals surface area contributed by atoms with Crippen molar-refractivity contribution in [2.24, 2.45) is 0 Å². The number of aromatic nitrogens is 1. The van der Waals surface area contributed by atoms with Gasteiger partial charge in [0.2, 0.25) is 0 Å². The molecule has 0 aliphatic carbocycles. The average Bonchev–Trinajstić information content (AvgIpc) is 2.54. The molecule has 7 nitrogen and oxygen atoms in total. The van der Waals surface area contributed by atoms with Gasteiger partial charge in [-0.15, -0.1) is 4.83 Å². The first-order chi connectivity index (χ1) is 10.5. The summed E-state index contributed by atoms with van der Waals surface area (Å²) in [5.41, 5.74) is 2.22. The molecule has 0 aliphatic heterocycles. The summed E-state index contributed by atoms with van der Waals surface area (Å²) in [6.07, 6.45) is 1.44. The number of carbonyl (C=O) groups is 1. The molecule has 2 N–H and O–H groups in total. The fraction of sp³-hybridized carbons (Fsp3) is 0.143. The summed E-state index contributed by atoms with van der Waals surface area (Å²) in [7, 11) is -3.86. The Hall–Kier alpha value is -2.45. The van der Waals surface area contributed by atoms with Crippen LogP contribution in [0.3, 0.4) is 0 Å². The number of nitrogens with one attached hydrogen (secondary N) is 2. The lowest BCUT2D eigenvalue weighted by molar-refractivity contribution is 0.0940. The minimum absolute atomic E-state index is 0.0114. The summed E-state index contributed by atoms with van der Waals surface area (Å²) < 4.78 is 29.3. The molecule has 1 aromatic heterocycles. The Morgan fingerprint density at radius 3 is 2.50 bits per heavy atom. The molecule has 1 amide bonds. The molecule has 0 saturated carbocycles. The molecule has 22 heavy (non-hydrogen) atoms. The van der Waals surface area contributed by atoms with Gasteiger partial charge in [-0.25, -0.2) is 8.42 Å². The number of benzene rings is 1. The Morgan fingerprint density at radius 2 is 1.91 bits per heavy atom. The molecule has 2 rings (SSSR count). The largest absolute Gasteiger partial charge is 0.494 e. The molecule has 8 heteroatoms. The highest BCUT2D eigenvalue weighted by Crippen LogP contribution is 2.15. The van der Waals surface area contributed by atoms with Gasteiger partial charge in [0.15, 0.2) is 0 Å². The van der Waals surface area contributed by atoms with Crippen molar-refractivity contribution < 1.29 is 17.9 Å². The van der Waals surface area contributed by atoms with Gasteiger partial charge in [-0.3, -0.25) is 15.2 Å². The van der Waals surface area contributed by atoms with E-state index in [2.05, 4.69) is 10.4 Å². The van der Waals surface area contributed by atoms with E-state index in [1.165, 1.54) is 24.4 Å². The maximum absolute atomic E-state index is 12.1. The van der Waals surface area contributed by atoms with Crippen LogP contribution in [-0.4, -0.2) is 25.9 Å². The minimum Gasteiger partial charge on any atom is -0.494 e. The van der Waals surface area contributed by atoms with Gasteiger partial charge in [-0.2, -0.15) is 0 Å². The van der Waals surface area contributed by atoms with Gasteiger partial charge in [0.25, 0.3) is 15.9 Å². The monoisotopic (exact) mass is 321 g/mol. The second kappa shape index (κ2) is 7.01. The molecule has 0 unspecified atom stereocenters. The van der Waals surface area contributed by atoms with E-state index >= 15 is 0 Å². The third-order valence-corrected chi connectivity index (χ3v) is 3.91. The van der Waals surface area contributed by atoms with Gasteiger partial charge in [0.05, 0.1) is 11.5 Å². The van der Waals surface area contributed by atoms with Crippen LogP contribution < -0.4 is 15.0 Å². The molecule has 1 aromatic carbocycles. The topological polar surface area (TPSA) is 97.4 Å². The van der Waals surface area contributed by atoms with Crippen LogP contribution in [0.4, 0.5) is 0 Å². The van der Waals surface area contributed by atoms with Gasteiger partial charge in [-0.05, 0) is 43.3 Å². The highest BCUT2D eigenvalue weighted by molar-refractivity contribution is 7.89. The number of pyridine rings is 1. The Bertz CT molecular complexity index is 730. The first-order valence-electron chi connectivity index (χ1n) is 6.49. The van der Waals surface area contributed by atoms with E-state index in [9.17, 15) is 13.2 Å². The first kappa shape index (κ1) is 15.9. The molecular weight excluding hydrogens is 306 g/mol. The van der Waals surface area contributed by atoms with Crippen molar-refractivity contribution in [3.05, 3.63) is 54.4 Å². The van der Waals surface area contributed by atoms with E-state index in [-0.39, 0.29) is 10.6 Å². The normalized spacial score (nSPS) is 11.0. The van der Waals surface area contributed by atoms with Crippen molar-refractivity contribution in [3.8, 4) is 5.75 Å². The lowest BCUT2D eigenvalue weighted by Crippen LogP contribution is -2.41. The zero-order chi connectivity index (χ0) is 16.0. The predicted octanol–water partition coefficient (Wildman–Crippen LogP) is 1.10. The number of rotatable bonds is 6. The molecule has 0 bridgehead atoms. The van der Waals surface area contributed by atoms with Crippen molar-refractivity contribution in [1.82, 2.24) is 15.2 Å². The standard InChI is InChI=1S/C14H15N3O4S/c1-2-21-11-6-8-12(9-7-11)22(19,20)17-16-14(18)13-5-3-4-10-15-13/h3-10,17H,2H2,1H3,(H,16,18). The molecular formula is C14H15N3O4S. The van der Waals surface area contributed by atoms with Crippen LogP contribution in [0.1, 0.15) is 17.4 Å². The van der Waals surface area contributed by atoms with Crippen LogP contribution in [0.25, 0.3) is 0 Å². The third kappa shape index (κ3) is 4.03. The van der Waals surface area contributed by atoms with Crippen LogP contribution in [0.2, 0.25) is 0 Å². The van der Waals surface area contributed by atoms with Crippen molar-refractivity contribution in [2.45, 2.75) is 11.8 Å². The van der Waals surface area contributed by atoms with E-state index in [0.717, 1.165) is 0 Å². The van der Waals surface area contributed by atoms with Crippen molar-refractivity contribution in [3.63, 3.8) is 0 Å². The van der Waals surface area contributed by atoms with E-state index in [1.54, 1.807) is 24.3 Å². The third-order valence-electron chi connectivity index (χ3n) is 2.64.